The summed E-state index contributed by atoms with van der Waals surface area (Å²) in [5, 5.41) is 6.34. The SMILES string of the molecule is COc1cccc(CCNC(=O)C2(C(=O)NCc3ccccc3Cl)CC2)c1. The van der Waals surface area contributed by atoms with Crippen LogP contribution in [0.4, 0.5) is 0 Å². The average Bonchev–Trinajstić information content (AvgIpc) is 3.49. The van der Waals surface area contributed by atoms with E-state index in [2.05, 4.69) is 10.6 Å². The van der Waals surface area contributed by atoms with Gasteiger partial charge in [0.05, 0.1) is 7.11 Å². The van der Waals surface area contributed by atoms with Crippen molar-refractivity contribution in [2.45, 2.75) is 25.8 Å². The number of benzene rings is 2. The molecule has 2 amide bonds. The Hall–Kier alpha value is -2.53. The summed E-state index contributed by atoms with van der Waals surface area (Å²) in [5.74, 6) is 0.347. The summed E-state index contributed by atoms with van der Waals surface area (Å²) in [6, 6.07) is 15.1. The van der Waals surface area contributed by atoms with Crippen molar-refractivity contribution in [2.24, 2.45) is 5.41 Å². The fourth-order valence-electron chi connectivity index (χ4n) is 2.99. The lowest BCUT2D eigenvalue weighted by Gasteiger charge is -2.16. The quantitative estimate of drug-likeness (QED) is 0.685. The van der Waals surface area contributed by atoms with Gasteiger partial charge in [0.15, 0.2) is 0 Å². The summed E-state index contributed by atoms with van der Waals surface area (Å²) in [7, 11) is 1.62. The number of carbonyl (C=O) groups excluding carboxylic acids is 2. The molecule has 0 aromatic heterocycles. The van der Waals surface area contributed by atoms with Gasteiger partial charge >= 0.3 is 0 Å². The van der Waals surface area contributed by atoms with Crippen LogP contribution in [0.1, 0.15) is 24.0 Å². The number of hydrogen-bond acceptors (Lipinski definition) is 3. The predicted octanol–water partition coefficient (Wildman–Crippen LogP) is 3.10. The van der Waals surface area contributed by atoms with E-state index < -0.39 is 5.41 Å². The fourth-order valence-corrected chi connectivity index (χ4v) is 3.19. The Kier molecular flexibility index (Phi) is 6.01. The number of carbonyl (C=O) groups is 2. The van der Waals surface area contributed by atoms with Crippen LogP contribution in [0.5, 0.6) is 5.75 Å². The molecule has 2 N–H and O–H groups in total. The molecule has 0 heterocycles. The third-order valence-corrected chi connectivity index (χ3v) is 5.22. The zero-order chi connectivity index (χ0) is 19.3. The van der Waals surface area contributed by atoms with Crippen molar-refractivity contribution >= 4 is 23.4 Å². The second-order valence-electron chi connectivity index (χ2n) is 6.71. The molecule has 0 radical (unpaired) electrons. The van der Waals surface area contributed by atoms with Gasteiger partial charge in [-0.05, 0) is 48.6 Å². The smallest absolute Gasteiger partial charge is 0.235 e. The van der Waals surface area contributed by atoms with E-state index in [0.29, 0.717) is 37.4 Å². The molecule has 2 aromatic rings. The Morgan fingerprint density at radius 1 is 1.07 bits per heavy atom. The number of methoxy groups -OCH3 is 1. The molecule has 0 aliphatic heterocycles. The maximum Gasteiger partial charge on any atom is 0.235 e. The van der Waals surface area contributed by atoms with Crippen LogP contribution < -0.4 is 15.4 Å². The molecule has 1 aliphatic rings. The van der Waals surface area contributed by atoms with Crippen LogP contribution in [0, 0.1) is 5.41 Å². The maximum absolute atomic E-state index is 12.5. The molecule has 3 rings (SSSR count). The van der Waals surface area contributed by atoms with Crippen molar-refractivity contribution in [1.29, 1.82) is 0 Å². The Balaban J connectivity index is 1.50. The van der Waals surface area contributed by atoms with Gasteiger partial charge in [-0.3, -0.25) is 9.59 Å². The molecule has 0 unspecified atom stereocenters. The van der Waals surface area contributed by atoms with Gasteiger partial charge in [0, 0.05) is 18.1 Å². The molecule has 0 spiro atoms. The Bertz CT molecular complexity index is 834. The number of amides is 2. The highest BCUT2D eigenvalue weighted by Crippen LogP contribution is 2.46. The number of halogens is 1. The van der Waals surface area contributed by atoms with Gasteiger partial charge in [-0.15, -0.1) is 0 Å². The standard InChI is InChI=1S/C21H23ClN2O3/c1-27-17-7-4-5-15(13-17)9-12-23-19(25)21(10-11-21)20(26)24-14-16-6-2-3-8-18(16)22/h2-8,13H,9-12,14H2,1H3,(H,23,25)(H,24,26). The van der Waals surface area contributed by atoms with E-state index in [1.807, 2.05) is 42.5 Å². The zero-order valence-corrected chi connectivity index (χ0v) is 16.0. The van der Waals surface area contributed by atoms with Gasteiger partial charge in [0.25, 0.3) is 0 Å². The lowest BCUT2D eigenvalue weighted by atomic mass is 10.0. The van der Waals surface area contributed by atoms with Crippen LogP contribution in [-0.2, 0) is 22.6 Å². The maximum atomic E-state index is 12.5. The summed E-state index contributed by atoms with van der Waals surface area (Å²) in [5.41, 5.74) is 0.972. The third-order valence-electron chi connectivity index (χ3n) is 4.85. The molecule has 1 saturated carbocycles. The van der Waals surface area contributed by atoms with Gasteiger partial charge in [-0.2, -0.15) is 0 Å². The molecule has 1 fully saturated rings. The summed E-state index contributed by atoms with van der Waals surface area (Å²) in [4.78, 5) is 25.1. The minimum Gasteiger partial charge on any atom is -0.497 e. The van der Waals surface area contributed by atoms with E-state index in [-0.39, 0.29) is 11.8 Å². The van der Waals surface area contributed by atoms with Crippen LogP contribution in [0.3, 0.4) is 0 Å². The van der Waals surface area contributed by atoms with Gasteiger partial charge < -0.3 is 15.4 Å². The first kappa shape index (κ1) is 19.2. The minimum atomic E-state index is -0.935. The molecule has 5 nitrogen and oxygen atoms in total. The predicted molar refractivity (Wildman–Crippen MR) is 105 cm³/mol. The minimum absolute atomic E-state index is 0.206. The van der Waals surface area contributed by atoms with Crippen LogP contribution in [0.25, 0.3) is 0 Å². The second-order valence-corrected chi connectivity index (χ2v) is 7.12. The van der Waals surface area contributed by atoms with Crippen LogP contribution in [-0.4, -0.2) is 25.5 Å². The summed E-state index contributed by atoms with van der Waals surface area (Å²) >= 11 is 6.11. The first-order valence-corrected chi connectivity index (χ1v) is 9.36. The van der Waals surface area contributed by atoms with Crippen LogP contribution in [0.2, 0.25) is 5.02 Å². The highest BCUT2D eigenvalue weighted by atomic mass is 35.5. The highest BCUT2D eigenvalue weighted by molar-refractivity contribution is 6.31. The molecule has 0 saturated heterocycles. The molecule has 142 valence electrons. The molecule has 6 heteroatoms. The number of ether oxygens (including phenoxy) is 1. The lowest BCUT2D eigenvalue weighted by molar-refractivity contribution is -0.137. The van der Waals surface area contributed by atoms with Crippen molar-refractivity contribution in [3.05, 3.63) is 64.7 Å². The zero-order valence-electron chi connectivity index (χ0n) is 15.3. The molecule has 27 heavy (non-hydrogen) atoms. The van der Waals surface area contributed by atoms with E-state index in [9.17, 15) is 9.59 Å². The molecule has 1 aliphatic carbocycles. The summed E-state index contributed by atoms with van der Waals surface area (Å²) < 4.78 is 5.20. The van der Waals surface area contributed by atoms with E-state index in [1.165, 1.54) is 0 Å². The Morgan fingerprint density at radius 3 is 2.52 bits per heavy atom. The molecule has 0 atom stereocenters. The Labute approximate surface area is 164 Å². The van der Waals surface area contributed by atoms with Gasteiger partial charge in [0.1, 0.15) is 11.2 Å². The monoisotopic (exact) mass is 386 g/mol. The molecule has 0 bridgehead atoms. The van der Waals surface area contributed by atoms with E-state index in [0.717, 1.165) is 16.9 Å². The first-order chi connectivity index (χ1) is 13.0. The van der Waals surface area contributed by atoms with E-state index in [4.69, 9.17) is 16.3 Å². The molecule has 2 aromatic carbocycles. The highest BCUT2D eigenvalue weighted by Gasteiger charge is 2.56. The van der Waals surface area contributed by atoms with E-state index >= 15 is 0 Å². The van der Waals surface area contributed by atoms with Crippen molar-refractivity contribution in [1.82, 2.24) is 10.6 Å². The Morgan fingerprint density at radius 2 is 1.81 bits per heavy atom. The normalized spacial score (nSPS) is 14.3. The van der Waals surface area contributed by atoms with Crippen molar-refractivity contribution < 1.29 is 14.3 Å². The average molecular weight is 387 g/mol. The largest absolute Gasteiger partial charge is 0.497 e. The first-order valence-electron chi connectivity index (χ1n) is 8.98. The molecular formula is C21H23ClN2O3. The topological polar surface area (TPSA) is 67.4 Å². The van der Waals surface area contributed by atoms with Gasteiger partial charge in [-0.25, -0.2) is 0 Å². The van der Waals surface area contributed by atoms with Crippen molar-refractivity contribution in [3.8, 4) is 5.75 Å². The van der Waals surface area contributed by atoms with E-state index in [1.54, 1.807) is 13.2 Å². The number of rotatable bonds is 8. The number of nitrogens with one attached hydrogen (secondary N) is 2. The van der Waals surface area contributed by atoms with Crippen molar-refractivity contribution in [2.75, 3.05) is 13.7 Å². The van der Waals surface area contributed by atoms with Crippen LogP contribution >= 0.6 is 11.6 Å². The second kappa shape index (κ2) is 8.44. The van der Waals surface area contributed by atoms with Gasteiger partial charge in [-0.1, -0.05) is 41.9 Å². The summed E-state index contributed by atoms with van der Waals surface area (Å²) in [6.45, 7) is 0.795. The lowest BCUT2D eigenvalue weighted by Crippen LogP contribution is -2.43. The fraction of sp³-hybridized carbons (Fsp3) is 0.333. The van der Waals surface area contributed by atoms with Gasteiger partial charge in [0.2, 0.25) is 11.8 Å². The number of hydrogen-bond donors (Lipinski definition) is 2. The van der Waals surface area contributed by atoms with Crippen molar-refractivity contribution in [3.63, 3.8) is 0 Å². The summed E-state index contributed by atoms with van der Waals surface area (Å²) in [6.07, 6.45) is 1.83. The third kappa shape index (κ3) is 4.61. The molecular weight excluding hydrogens is 364 g/mol. The van der Waals surface area contributed by atoms with Crippen LogP contribution in [0.15, 0.2) is 48.5 Å².